The van der Waals surface area contributed by atoms with Gasteiger partial charge in [0, 0.05) is 11.1 Å². The van der Waals surface area contributed by atoms with Gasteiger partial charge in [0.1, 0.15) is 5.69 Å². The number of nitrogens with one attached hydrogen (secondary N) is 1. The summed E-state index contributed by atoms with van der Waals surface area (Å²) in [5.41, 5.74) is 3.01. The van der Waals surface area contributed by atoms with Crippen molar-refractivity contribution in [2.75, 3.05) is 0 Å². The van der Waals surface area contributed by atoms with E-state index in [4.69, 9.17) is 0 Å². The third kappa shape index (κ3) is 3.05. The second kappa shape index (κ2) is 5.71. The van der Waals surface area contributed by atoms with Gasteiger partial charge < -0.3 is 5.32 Å². The van der Waals surface area contributed by atoms with Gasteiger partial charge in [-0.3, -0.25) is 9.78 Å². The molecular weight excluding hydrogens is 262 g/mol. The Kier molecular flexibility index (Phi) is 3.60. The van der Waals surface area contributed by atoms with Gasteiger partial charge in [-0.15, -0.1) is 0 Å². The number of para-hydroxylation sites is 1. The topological polar surface area (TPSA) is 54.9 Å². The van der Waals surface area contributed by atoms with Crippen LogP contribution in [0.15, 0.2) is 54.6 Å². The van der Waals surface area contributed by atoms with Crippen LogP contribution in [0.2, 0.25) is 0 Å². The van der Waals surface area contributed by atoms with E-state index in [1.165, 1.54) is 0 Å². The molecule has 1 aromatic carbocycles. The van der Waals surface area contributed by atoms with Gasteiger partial charge in [0.25, 0.3) is 5.91 Å². The van der Waals surface area contributed by atoms with Crippen LogP contribution in [-0.4, -0.2) is 15.9 Å². The summed E-state index contributed by atoms with van der Waals surface area (Å²) in [6.07, 6.45) is 0. The van der Waals surface area contributed by atoms with E-state index < -0.39 is 0 Å². The van der Waals surface area contributed by atoms with Gasteiger partial charge >= 0.3 is 0 Å². The number of fused-ring (bicyclic) bond motifs is 1. The lowest BCUT2D eigenvalue weighted by Gasteiger charge is -2.06. The Labute approximate surface area is 122 Å². The SMILES string of the molecule is Cc1cccc(C(=O)NCc2ccc3ccccc3n2)n1. The van der Waals surface area contributed by atoms with Crippen molar-refractivity contribution in [2.45, 2.75) is 13.5 Å². The maximum atomic E-state index is 12.0. The second-order valence-corrected chi connectivity index (χ2v) is 4.84. The molecule has 1 amide bonds. The molecule has 0 saturated carbocycles. The number of benzene rings is 1. The van der Waals surface area contributed by atoms with Crippen molar-refractivity contribution < 1.29 is 4.79 Å². The number of carbonyl (C=O) groups is 1. The number of aromatic nitrogens is 2. The van der Waals surface area contributed by atoms with E-state index in [1.807, 2.05) is 55.5 Å². The molecule has 0 fully saturated rings. The average Bonchev–Trinajstić information content (AvgIpc) is 2.52. The molecule has 0 aliphatic heterocycles. The van der Waals surface area contributed by atoms with Gasteiger partial charge in [-0.25, -0.2) is 4.98 Å². The minimum Gasteiger partial charge on any atom is -0.345 e. The number of aryl methyl sites for hydroxylation is 1. The number of pyridine rings is 2. The van der Waals surface area contributed by atoms with E-state index in [1.54, 1.807) is 6.07 Å². The number of carbonyl (C=O) groups excluding carboxylic acids is 1. The largest absolute Gasteiger partial charge is 0.345 e. The molecule has 3 rings (SSSR count). The predicted molar refractivity (Wildman–Crippen MR) is 81.9 cm³/mol. The van der Waals surface area contributed by atoms with Gasteiger partial charge in [-0.05, 0) is 31.2 Å². The number of rotatable bonds is 3. The molecule has 0 radical (unpaired) electrons. The first-order valence-corrected chi connectivity index (χ1v) is 6.79. The summed E-state index contributed by atoms with van der Waals surface area (Å²) in [4.78, 5) is 20.8. The van der Waals surface area contributed by atoms with Crippen molar-refractivity contribution in [3.05, 3.63) is 71.7 Å². The molecule has 4 nitrogen and oxygen atoms in total. The van der Waals surface area contributed by atoms with Gasteiger partial charge in [0.15, 0.2) is 0 Å². The highest BCUT2D eigenvalue weighted by atomic mass is 16.1. The molecule has 0 bridgehead atoms. The van der Waals surface area contributed by atoms with Crippen LogP contribution in [0, 0.1) is 6.92 Å². The van der Waals surface area contributed by atoms with E-state index in [0.29, 0.717) is 12.2 Å². The summed E-state index contributed by atoms with van der Waals surface area (Å²) in [6.45, 7) is 2.25. The van der Waals surface area contributed by atoms with Crippen LogP contribution < -0.4 is 5.32 Å². The maximum absolute atomic E-state index is 12.0. The molecular formula is C17H15N3O. The van der Waals surface area contributed by atoms with Crippen LogP contribution >= 0.6 is 0 Å². The van der Waals surface area contributed by atoms with Crippen LogP contribution in [0.1, 0.15) is 21.9 Å². The summed E-state index contributed by atoms with van der Waals surface area (Å²) in [5, 5.41) is 3.93. The molecule has 0 unspecified atom stereocenters. The lowest BCUT2D eigenvalue weighted by Crippen LogP contribution is -2.24. The molecule has 0 saturated heterocycles. The first-order valence-electron chi connectivity index (χ1n) is 6.79. The fourth-order valence-electron chi connectivity index (χ4n) is 2.14. The summed E-state index contributed by atoms with van der Waals surface area (Å²) >= 11 is 0. The van der Waals surface area contributed by atoms with Crippen molar-refractivity contribution in [3.63, 3.8) is 0 Å². The third-order valence-electron chi connectivity index (χ3n) is 3.21. The van der Waals surface area contributed by atoms with E-state index in [9.17, 15) is 4.79 Å². The van der Waals surface area contributed by atoms with Crippen molar-refractivity contribution in [3.8, 4) is 0 Å². The van der Waals surface area contributed by atoms with Crippen molar-refractivity contribution in [2.24, 2.45) is 0 Å². The molecule has 1 N–H and O–H groups in total. The lowest BCUT2D eigenvalue weighted by molar-refractivity contribution is 0.0945. The first-order chi connectivity index (χ1) is 10.2. The fraction of sp³-hybridized carbons (Fsp3) is 0.118. The minimum atomic E-state index is -0.186. The molecule has 4 heteroatoms. The van der Waals surface area contributed by atoms with Crippen LogP contribution in [0.4, 0.5) is 0 Å². The molecule has 2 aromatic heterocycles. The Hall–Kier alpha value is -2.75. The molecule has 21 heavy (non-hydrogen) atoms. The van der Waals surface area contributed by atoms with E-state index in [2.05, 4.69) is 15.3 Å². The van der Waals surface area contributed by atoms with E-state index in [-0.39, 0.29) is 5.91 Å². The molecule has 0 spiro atoms. The Morgan fingerprint density at radius 2 is 1.86 bits per heavy atom. The summed E-state index contributed by atoms with van der Waals surface area (Å²) in [6, 6.07) is 17.2. The second-order valence-electron chi connectivity index (χ2n) is 4.84. The molecule has 104 valence electrons. The minimum absolute atomic E-state index is 0.186. The van der Waals surface area contributed by atoms with E-state index >= 15 is 0 Å². The molecule has 0 atom stereocenters. The Morgan fingerprint density at radius 1 is 1.00 bits per heavy atom. The van der Waals surface area contributed by atoms with Crippen LogP contribution in [-0.2, 0) is 6.54 Å². The first kappa shape index (κ1) is 13.2. The number of amides is 1. The van der Waals surface area contributed by atoms with Crippen LogP contribution in [0.5, 0.6) is 0 Å². The molecule has 0 aliphatic rings. The quantitative estimate of drug-likeness (QED) is 0.801. The van der Waals surface area contributed by atoms with Gasteiger partial charge in [0.2, 0.25) is 0 Å². The number of nitrogens with zero attached hydrogens (tertiary/aromatic N) is 2. The van der Waals surface area contributed by atoms with Crippen molar-refractivity contribution in [1.82, 2.24) is 15.3 Å². The molecule has 0 aliphatic carbocycles. The summed E-state index contributed by atoms with van der Waals surface area (Å²) in [5.74, 6) is -0.186. The molecule has 3 aromatic rings. The predicted octanol–water partition coefficient (Wildman–Crippen LogP) is 2.87. The Morgan fingerprint density at radius 3 is 2.71 bits per heavy atom. The Balaban J connectivity index is 1.72. The highest BCUT2D eigenvalue weighted by Gasteiger charge is 2.07. The van der Waals surface area contributed by atoms with Crippen molar-refractivity contribution in [1.29, 1.82) is 0 Å². The lowest BCUT2D eigenvalue weighted by atomic mass is 10.2. The monoisotopic (exact) mass is 277 g/mol. The Bertz CT molecular complexity index is 799. The molecule has 2 heterocycles. The zero-order chi connectivity index (χ0) is 14.7. The smallest absolute Gasteiger partial charge is 0.270 e. The zero-order valence-corrected chi connectivity index (χ0v) is 11.7. The highest BCUT2D eigenvalue weighted by Crippen LogP contribution is 2.11. The summed E-state index contributed by atoms with van der Waals surface area (Å²) in [7, 11) is 0. The summed E-state index contributed by atoms with van der Waals surface area (Å²) < 4.78 is 0. The van der Waals surface area contributed by atoms with Gasteiger partial charge in [-0.1, -0.05) is 30.3 Å². The van der Waals surface area contributed by atoms with Crippen LogP contribution in [0.25, 0.3) is 10.9 Å². The van der Waals surface area contributed by atoms with Crippen LogP contribution in [0.3, 0.4) is 0 Å². The fourth-order valence-corrected chi connectivity index (χ4v) is 2.14. The van der Waals surface area contributed by atoms with Gasteiger partial charge in [0.05, 0.1) is 17.8 Å². The third-order valence-corrected chi connectivity index (χ3v) is 3.21. The highest BCUT2D eigenvalue weighted by molar-refractivity contribution is 5.92. The van der Waals surface area contributed by atoms with Crippen molar-refractivity contribution >= 4 is 16.8 Å². The normalized spacial score (nSPS) is 10.5. The number of hydrogen-bond donors (Lipinski definition) is 1. The number of hydrogen-bond acceptors (Lipinski definition) is 3. The van der Waals surface area contributed by atoms with E-state index in [0.717, 1.165) is 22.3 Å². The zero-order valence-electron chi connectivity index (χ0n) is 11.7. The maximum Gasteiger partial charge on any atom is 0.270 e. The standard InChI is InChI=1S/C17H15N3O/c1-12-5-4-8-16(19-12)17(21)18-11-14-10-9-13-6-2-3-7-15(13)20-14/h2-10H,11H2,1H3,(H,18,21). The average molecular weight is 277 g/mol. The van der Waals surface area contributed by atoms with Gasteiger partial charge in [-0.2, -0.15) is 0 Å².